The topological polar surface area (TPSA) is 64.0 Å². The van der Waals surface area contributed by atoms with E-state index in [0.717, 1.165) is 11.0 Å². The molecule has 3 aromatic rings. The van der Waals surface area contributed by atoms with Gasteiger partial charge in [0.1, 0.15) is 17.3 Å². The number of aromatic nitrogens is 2. The van der Waals surface area contributed by atoms with E-state index in [4.69, 9.17) is 0 Å². The molecule has 5 nitrogen and oxygen atoms in total. The van der Waals surface area contributed by atoms with Crippen molar-refractivity contribution in [2.45, 2.75) is 6.92 Å². The van der Waals surface area contributed by atoms with Crippen molar-refractivity contribution in [1.29, 1.82) is 0 Å². The Labute approximate surface area is 145 Å². The van der Waals surface area contributed by atoms with Crippen molar-refractivity contribution in [3.63, 3.8) is 0 Å². The maximum atomic E-state index is 14.0. The molecule has 1 aromatic heterocycles. The number of para-hydroxylation sites is 1. The molecule has 0 aliphatic rings. The predicted molar refractivity (Wildman–Crippen MR) is 96.3 cm³/mol. The molecule has 0 saturated heterocycles. The first-order valence-electron chi connectivity index (χ1n) is 7.52. The number of halogens is 1. The standard InChI is InChI=1S/C18H16FN3O2S/c1-14-13-18(22(20-14)17-10-6-5-9-16(17)19)21-25(23,24)12-11-15-7-3-2-4-8-15/h2-13,21H,1H3/b12-11+. The molecule has 25 heavy (non-hydrogen) atoms. The number of nitrogens with zero attached hydrogens (tertiary/aromatic N) is 2. The van der Waals surface area contributed by atoms with Crippen molar-refractivity contribution in [2.24, 2.45) is 0 Å². The molecule has 2 aromatic carbocycles. The minimum absolute atomic E-state index is 0.167. The number of rotatable bonds is 5. The van der Waals surface area contributed by atoms with Crippen LogP contribution < -0.4 is 4.72 Å². The lowest BCUT2D eigenvalue weighted by molar-refractivity contribution is 0.605. The van der Waals surface area contributed by atoms with E-state index < -0.39 is 15.8 Å². The quantitative estimate of drug-likeness (QED) is 0.757. The molecular formula is C18H16FN3O2S. The van der Waals surface area contributed by atoms with Crippen LogP contribution >= 0.6 is 0 Å². The Morgan fingerprint density at radius 3 is 2.48 bits per heavy atom. The van der Waals surface area contributed by atoms with Crippen LogP contribution in [0.2, 0.25) is 0 Å². The van der Waals surface area contributed by atoms with Crippen LogP contribution in [0.3, 0.4) is 0 Å². The highest BCUT2D eigenvalue weighted by Crippen LogP contribution is 2.21. The second kappa shape index (κ2) is 6.90. The number of anilines is 1. The van der Waals surface area contributed by atoms with Crippen LogP contribution in [0.1, 0.15) is 11.3 Å². The van der Waals surface area contributed by atoms with Crippen molar-refractivity contribution >= 4 is 21.9 Å². The fourth-order valence-electron chi connectivity index (χ4n) is 2.29. The van der Waals surface area contributed by atoms with Crippen molar-refractivity contribution in [3.8, 4) is 5.69 Å². The lowest BCUT2D eigenvalue weighted by Gasteiger charge is -2.09. The van der Waals surface area contributed by atoms with Crippen molar-refractivity contribution in [1.82, 2.24) is 9.78 Å². The van der Waals surface area contributed by atoms with E-state index in [1.807, 2.05) is 18.2 Å². The van der Waals surface area contributed by atoms with Gasteiger partial charge in [-0.1, -0.05) is 42.5 Å². The van der Waals surface area contributed by atoms with E-state index in [2.05, 4.69) is 9.82 Å². The molecule has 1 heterocycles. The zero-order valence-electron chi connectivity index (χ0n) is 13.4. The zero-order chi connectivity index (χ0) is 17.9. The highest BCUT2D eigenvalue weighted by molar-refractivity contribution is 7.95. The largest absolute Gasteiger partial charge is 0.264 e. The number of hydrogen-bond donors (Lipinski definition) is 1. The maximum Gasteiger partial charge on any atom is 0.256 e. The molecule has 0 aliphatic heterocycles. The number of hydrogen-bond acceptors (Lipinski definition) is 3. The summed E-state index contributed by atoms with van der Waals surface area (Å²) in [5.41, 5.74) is 1.49. The number of nitrogens with one attached hydrogen (secondary N) is 1. The Morgan fingerprint density at radius 2 is 1.76 bits per heavy atom. The van der Waals surface area contributed by atoms with E-state index in [-0.39, 0.29) is 11.5 Å². The Hall–Kier alpha value is -2.93. The van der Waals surface area contributed by atoms with Crippen LogP contribution in [0.4, 0.5) is 10.2 Å². The molecule has 0 amide bonds. The summed E-state index contributed by atoms with van der Waals surface area (Å²) in [6.45, 7) is 1.70. The molecule has 7 heteroatoms. The van der Waals surface area contributed by atoms with Crippen LogP contribution in [-0.2, 0) is 10.0 Å². The predicted octanol–water partition coefficient (Wildman–Crippen LogP) is 3.73. The van der Waals surface area contributed by atoms with Gasteiger partial charge < -0.3 is 0 Å². The Balaban J connectivity index is 1.91. The monoisotopic (exact) mass is 357 g/mol. The van der Waals surface area contributed by atoms with Gasteiger partial charge in [0.2, 0.25) is 0 Å². The van der Waals surface area contributed by atoms with E-state index in [1.54, 1.807) is 37.3 Å². The average molecular weight is 357 g/mol. The van der Waals surface area contributed by atoms with Crippen LogP contribution in [0.25, 0.3) is 11.8 Å². The van der Waals surface area contributed by atoms with Crippen LogP contribution in [-0.4, -0.2) is 18.2 Å². The molecule has 0 bridgehead atoms. The molecular weight excluding hydrogens is 341 g/mol. The Morgan fingerprint density at radius 1 is 1.08 bits per heavy atom. The summed E-state index contributed by atoms with van der Waals surface area (Å²) in [4.78, 5) is 0. The molecule has 0 atom stereocenters. The van der Waals surface area contributed by atoms with Gasteiger partial charge in [0.15, 0.2) is 0 Å². The maximum absolute atomic E-state index is 14.0. The number of sulfonamides is 1. The molecule has 0 saturated carbocycles. The molecule has 0 unspecified atom stereocenters. The first-order chi connectivity index (χ1) is 11.9. The van der Waals surface area contributed by atoms with Gasteiger partial charge in [-0.15, -0.1) is 0 Å². The minimum atomic E-state index is -3.78. The summed E-state index contributed by atoms with van der Waals surface area (Å²) < 4.78 is 42.3. The summed E-state index contributed by atoms with van der Waals surface area (Å²) in [6, 6.07) is 16.6. The Bertz CT molecular complexity index is 1010. The summed E-state index contributed by atoms with van der Waals surface area (Å²) in [5.74, 6) is -0.328. The Kier molecular flexibility index (Phi) is 4.67. The van der Waals surface area contributed by atoms with Crippen LogP contribution in [0.5, 0.6) is 0 Å². The van der Waals surface area contributed by atoms with E-state index in [1.165, 1.54) is 22.9 Å². The molecule has 1 N–H and O–H groups in total. The number of aryl methyl sites for hydroxylation is 1. The normalized spacial score (nSPS) is 11.8. The molecule has 0 spiro atoms. The molecule has 0 fully saturated rings. The van der Waals surface area contributed by atoms with Crippen LogP contribution in [0.15, 0.2) is 66.1 Å². The lowest BCUT2D eigenvalue weighted by atomic mass is 10.2. The number of benzene rings is 2. The SMILES string of the molecule is Cc1cc(NS(=O)(=O)/C=C/c2ccccc2)n(-c2ccccc2F)n1. The van der Waals surface area contributed by atoms with Crippen LogP contribution in [0, 0.1) is 12.7 Å². The second-order valence-corrected chi connectivity index (χ2v) is 6.96. The third-order valence-electron chi connectivity index (χ3n) is 3.40. The average Bonchev–Trinajstić information content (AvgIpc) is 2.94. The van der Waals surface area contributed by atoms with Crippen molar-refractivity contribution < 1.29 is 12.8 Å². The third-order valence-corrected chi connectivity index (χ3v) is 4.39. The summed E-state index contributed by atoms with van der Waals surface area (Å²) in [6.07, 6.45) is 1.49. The highest BCUT2D eigenvalue weighted by atomic mass is 32.2. The second-order valence-electron chi connectivity index (χ2n) is 5.39. The van der Waals surface area contributed by atoms with Gasteiger partial charge in [0.05, 0.1) is 11.1 Å². The van der Waals surface area contributed by atoms with E-state index >= 15 is 0 Å². The van der Waals surface area contributed by atoms with Gasteiger partial charge in [-0.3, -0.25) is 4.72 Å². The third kappa shape index (κ3) is 4.13. The van der Waals surface area contributed by atoms with Crippen molar-refractivity contribution in [3.05, 3.63) is 83.1 Å². The van der Waals surface area contributed by atoms with Gasteiger partial charge in [-0.25, -0.2) is 17.5 Å². The van der Waals surface area contributed by atoms with Gasteiger partial charge in [-0.2, -0.15) is 5.10 Å². The van der Waals surface area contributed by atoms with Gasteiger partial charge in [-0.05, 0) is 30.7 Å². The summed E-state index contributed by atoms with van der Waals surface area (Å²) in [7, 11) is -3.78. The molecule has 0 aliphatic carbocycles. The first kappa shape index (κ1) is 16.9. The first-order valence-corrected chi connectivity index (χ1v) is 9.07. The van der Waals surface area contributed by atoms with Gasteiger partial charge >= 0.3 is 0 Å². The highest BCUT2D eigenvalue weighted by Gasteiger charge is 2.15. The fourth-order valence-corrected chi connectivity index (χ4v) is 3.13. The van der Waals surface area contributed by atoms with Gasteiger partial charge in [0.25, 0.3) is 10.0 Å². The van der Waals surface area contributed by atoms with E-state index in [0.29, 0.717) is 5.69 Å². The minimum Gasteiger partial charge on any atom is -0.264 e. The van der Waals surface area contributed by atoms with Crippen molar-refractivity contribution in [2.75, 3.05) is 4.72 Å². The fraction of sp³-hybridized carbons (Fsp3) is 0.0556. The molecule has 3 rings (SSSR count). The smallest absolute Gasteiger partial charge is 0.256 e. The molecule has 0 radical (unpaired) electrons. The lowest BCUT2D eigenvalue weighted by Crippen LogP contribution is -2.13. The zero-order valence-corrected chi connectivity index (χ0v) is 14.2. The summed E-state index contributed by atoms with van der Waals surface area (Å²) in [5, 5.41) is 5.24. The summed E-state index contributed by atoms with van der Waals surface area (Å²) >= 11 is 0. The van der Waals surface area contributed by atoms with E-state index in [9.17, 15) is 12.8 Å². The van der Waals surface area contributed by atoms with Gasteiger partial charge in [0, 0.05) is 6.07 Å². The molecule has 128 valence electrons.